The number of hydrogen-bond acceptors (Lipinski definition) is 3. The van der Waals surface area contributed by atoms with Crippen LogP contribution in [-0.2, 0) is 0 Å². The Hall–Kier alpha value is -1.48. The van der Waals surface area contributed by atoms with Gasteiger partial charge >= 0.3 is 0 Å². The lowest BCUT2D eigenvalue weighted by molar-refractivity contribution is 0.112. The maximum atomic E-state index is 10.7. The third-order valence-electron chi connectivity index (χ3n) is 2.20. The van der Waals surface area contributed by atoms with Crippen LogP contribution in [-0.4, -0.2) is 11.3 Å². The molecule has 0 unspecified atom stereocenters. The van der Waals surface area contributed by atoms with Crippen LogP contribution in [0, 0.1) is 13.8 Å². The van der Waals surface area contributed by atoms with Crippen LogP contribution in [0.3, 0.4) is 0 Å². The number of benzene rings is 1. The van der Waals surface area contributed by atoms with Gasteiger partial charge in [0.15, 0.2) is 0 Å². The average molecular weight is 217 g/mol. The van der Waals surface area contributed by atoms with Gasteiger partial charge in [-0.25, -0.2) is 4.98 Å². The van der Waals surface area contributed by atoms with E-state index in [0.717, 1.165) is 22.6 Å². The van der Waals surface area contributed by atoms with Crippen molar-refractivity contribution in [2.75, 3.05) is 0 Å². The minimum absolute atomic E-state index is 0.692. The first-order chi connectivity index (χ1) is 7.20. The normalized spacial score (nSPS) is 10.3. The summed E-state index contributed by atoms with van der Waals surface area (Å²) in [6, 6.07) is 7.53. The van der Waals surface area contributed by atoms with E-state index in [9.17, 15) is 4.79 Å². The molecule has 2 aromatic rings. The van der Waals surface area contributed by atoms with Gasteiger partial charge in [-0.05, 0) is 19.9 Å². The summed E-state index contributed by atoms with van der Waals surface area (Å²) in [6.07, 6.45) is 0.859. The summed E-state index contributed by atoms with van der Waals surface area (Å²) in [7, 11) is 0. The third kappa shape index (κ3) is 1.97. The summed E-state index contributed by atoms with van der Waals surface area (Å²) in [5.41, 5.74) is 2.69. The standard InChI is InChI=1S/C12H11NOS/c1-8-12(13-9(2)15-8)11-5-3-4-10(6-11)7-14/h3-7H,1-2H3. The Bertz CT molecular complexity index is 502. The lowest BCUT2D eigenvalue weighted by Crippen LogP contribution is -1.84. The second-order valence-electron chi connectivity index (χ2n) is 3.38. The highest BCUT2D eigenvalue weighted by molar-refractivity contribution is 7.11. The second kappa shape index (κ2) is 3.95. The van der Waals surface area contributed by atoms with Gasteiger partial charge in [-0.2, -0.15) is 0 Å². The van der Waals surface area contributed by atoms with Gasteiger partial charge in [-0.3, -0.25) is 4.79 Å². The number of aryl methyl sites for hydroxylation is 2. The molecule has 0 saturated heterocycles. The highest BCUT2D eigenvalue weighted by Gasteiger charge is 2.07. The van der Waals surface area contributed by atoms with E-state index in [1.54, 1.807) is 17.4 Å². The van der Waals surface area contributed by atoms with Crippen molar-refractivity contribution in [3.8, 4) is 11.3 Å². The highest BCUT2D eigenvalue weighted by atomic mass is 32.1. The molecule has 0 spiro atoms. The molecule has 0 fully saturated rings. The summed E-state index contributed by atoms with van der Waals surface area (Å²) in [6.45, 7) is 4.04. The number of carbonyl (C=O) groups excluding carboxylic acids is 1. The van der Waals surface area contributed by atoms with Crippen LogP contribution in [0.5, 0.6) is 0 Å². The Kier molecular flexibility index (Phi) is 2.64. The van der Waals surface area contributed by atoms with E-state index >= 15 is 0 Å². The van der Waals surface area contributed by atoms with Crippen LogP contribution in [0.4, 0.5) is 0 Å². The zero-order valence-corrected chi connectivity index (χ0v) is 9.47. The molecule has 0 radical (unpaired) electrons. The van der Waals surface area contributed by atoms with E-state index in [-0.39, 0.29) is 0 Å². The van der Waals surface area contributed by atoms with E-state index in [2.05, 4.69) is 4.98 Å². The Morgan fingerprint density at radius 1 is 1.33 bits per heavy atom. The number of carbonyl (C=O) groups is 1. The molecule has 0 saturated carbocycles. The van der Waals surface area contributed by atoms with Gasteiger partial charge in [0.2, 0.25) is 0 Å². The monoisotopic (exact) mass is 217 g/mol. The molecule has 0 atom stereocenters. The van der Waals surface area contributed by atoms with Crippen LogP contribution >= 0.6 is 11.3 Å². The fourth-order valence-corrected chi connectivity index (χ4v) is 2.40. The van der Waals surface area contributed by atoms with Crippen LogP contribution in [0.25, 0.3) is 11.3 Å². The van der Waals surface area contributed by atoms with Gasteiger partial charge in [0, 0.05) is 16.0 Å². The zero-order valence-electron chi connectivity index (χ0n) is 8.65. The summed E-state index contributed by atoms with van der Waals surface area (Å²) in [5, 5.41) is 1.05. The first kappa shape index (κ1) is 10.1. The Labute approximate surface area is 92.6 Å². The third-order valence-corrected chi connectivity index (χ3v) is 3.09. The molecule has 0 amide bonds. The quantitative estimate of drug-likeness (QED) is 0.723. The maximum Gasteiger partial charge on any atom is 0.150 e. The number of hydrogen-bond donors (Lipinski definition) is 0. The molecule has 2 rings (SSSR count). The smallest absolute Gasteiger partial charge is 0.150 e. The van der Waals surface area contributed by atoms with Crippen molar-refractivity contribution in [1.29, 1.82) is 0 Å². The molecular formula is C12H11NOS. The van der Waals surface area contributed by atoms with Gasteiger partial charge in [-0.15, -0.1) is 11.3 Å². The summed E-state index contributed by atoms with van der Waals surface area (Å²) < 4.78 is 0. The highest BCUT2D eigenvalue weighted by Crippen LogP contribution is 2.27. The Morgan fingerprint density at radius 3 is 2.73 bits per heavy atom. The summed E-state index contributed by atoms with van der Waals surface area (Å²) in [5.74, 6) is 0. The van der Waals surface area contributed by atoms with E-state index in [1.165, 1.54) is 4.88 Å². The van der Waals surface area contributed by atoms with Crippen LogP contribution in [0.2, 0.25) is 0 Å². The van der Waals surface area contributed by atoms with Gasteiger partial charge in [0.25, 0.3) is 0 Å². The van der Waals surface area contributed by atoms with Crippen molar-refractivity contribution in [3.05, 3.63) is 39.7 Å². The van der Waals surface area contributed by atoms with Gasteiger partial charge in [-0.1, -0.05) is 18.2 Å². The maximum absolute atomic E-state index is 10.7. The van der Waals surface area contributed by atoms with Gasteiger partial charge in [0.1, 0.15) is 6.29 Å². The molecule has 3 heteroatoms. The predicted octanol–water partition coefficient (Wildman–Crippen LogP) is 3.24. The zero-order chi connectivity index (χ0) is 10.8. The van der Waals surface area contributed by atoms with E-state index in [1.807, 2.05) is 32.0 Å². The van der Waals surface area contributed by atoms with Gasteiger partial charge in [0.05, 0.1) is 10.7 Å². The van der Waals surface area contributed by atoms with Crippen LogP contribution in [0.15, 0.2) is 24.3 Å². The average Bonchev–Trinajstić information content (AvgIpc) is 2.58. The fourth-order valence-electron chi connectivity index (χ4n) is 1.56. The SMILES string of the molecule is Cc1nc(-c2cccc(C=O)c2)c(C)s1. The van der Waals surface area contributed by atoms with Crippen molar-refractivity contribution < 1.29 is 4.79 Å². The summed E-state index contributed by atoms with van der Waals surface area (Å²) >= 11 is 1.68. The van der Waals surface area contributed by atoms with Crippen LogP contribution < -0.4 is 0 Å². The molecule has 1 aromatic heterocycles. The molecule has 0 bridgehead atoms. The van der Waals surface area contributed by atoms with Crippen molar-refractivity contribution in [2.24, 2.45) is 0 Å². The molecule has 1 aromatic carbocycles. The Balaban J connectivity index is 2.53. The second-order valence-corrected chi connectivity index (χ2v) is 4.79. The topological polar surface area (TPSA) is 30.0 Å². The lowest BCUT2D eigenvalue weighted by atomic mass is 10.1. The number of nitrogens with zero attached hydrogens (tertiary/aromatic N) is 1. The molecule has 0 aliphatic heterocycles. The number of thiazole rings is 1. The van der Waals surface area contributed by atoms with E-state index in [4.69, 9.17) is 0 Å². The lowest BCUT2D eigenvalue weighted by Gasteiger charge is -1.99. The summed E-state index contributed by atoms with van der Waals surface area (Å²) in [4.78, 5) is 16.3. The van der Waals surface area contributed by atoms with Gasteiger partial charge < -0.3 is 0 Å². The predicted molar refractivity (Wildman–Crippen MR) is 62.4 cm³/mol. The van der Waals surface area contributed by atoms with Crippen LogP contribution in [0.1, 0.15) is 20.2 Å². The van der Waals surface area contributed by atoms with E-state index in [0.29, 0.717) is 5.56 Å². The molecule has 0 aliphatic rings. The molecule has 0 N–H and O–H groups in total. The largest absolute Gasteiger partial charge is 0.298 e. The molecule has 0 aliphatic carbocycles. The van der Waals surface area contributed by atoms with Crippen molar-refractivity contribution in [2.45, 2.75) is 13.8 Å². The molecule has 15 heavy (non-hydrogen) atoms. The fraction of sp³-hybridized carbons (Fsp3) is 0.167. The van der Waals surface area contributed by atoms with Crippen molar-refractivity contribution in [1.82, 2.24) is 4.98 Å². The molecule has 76 valence electrons. The first-order valence-electron chi connectivity index (χ1n) is 4.70. The van der Waals surface area contributed by atoms with Crippen molar-refractivity contribution >= 4 is 17.6 Å². The minimum atomic E-state index is 0.692. The first-order valence-corrected chi connectivity index (χ1v) is 5.52. The molecular weight excluding hydrogens is 206 g/mol. The minimum Gasteiger partial charge on any atom is -0.298 e. The molecule has 2 nitrogen and oxygen atoms in total. The van der Waals surface area contributed by atoms with Crippen molar-refractivity contribution in [3.63, 3.8) is 0 Å². The Morgan fingerprint density at radius 2 is 2.13 bits per heavy atom. The van der Waals surface area contributed by atoms with E-state index < -0.39 is 0 Å². The number of aldehydes is 1. The molecule has 1 heterocycles. The number of rotatable bonds is 2. The number of aromatic nitrogens is 1.